The summed E-state index contributed by atoms with van der Waals surface area (Å²) in [6.07, 6.45) is 8.52. The number of fused-ring (bicyclic) bond motifs is 1. The van der Waals surface area contributed by atoms with Gasteiger partial charge in [0.25, 0.3) is 0 Å². The Morgan fingerprint density at radius 1 is 1.31 bits per heavy atom. The predicted octanol–water partition coefficient (Wildman–Crippen LogP) is 2.20. The molecule has 1 saturated carbocycles. The van der Waals surface area contributed by atoms with Crippen molar-refractivity contribution in [2.75, 3.05) is 20.2 Å². The SMILES string of the molecule is COC(=O)CCCN1CCCC2CCCC21. The lowest BCUT2D eigenvalue weighted by Crippen LogP contribution is -2.43. The topological polar surface area (TPSA) is 29.5 Å². The van der Waals surface area contributed by atoms with E-state index in [4.69, 9.17) is 0 Å². The van der Waals surface area contributed by atoms with Gasteiger partial charge in [0.05, 0.1) is 7.11 Å². The number of hydrogen-bond acceptors (Lipinski definition) is 3. The zero-order valence-electron chi connectivity index (χ0n) is 10.3. The van der Waals surface area contributed by atoms with E-state index in [9.17, 15) is 4.79 Å². The summed E-state index contributed by atoms with van der Waals surface area (Å²) in [5.74, 6) is 0.881. The Hall–Kier alpha value is -0.570. The van der Waals surface area contributed by atoms with Crippen molar-refractivity contribution in [2.24, 2.45) is 5.92 Å². The van der Waals surface area contributed by atoms with Crippen LogP contribution in [0.4, 0.5) is 0 Å². The third-order valence-electron chi connectivity index (χ3n) is 4.16. The van der Waals surface area contributed by atoms with Gasteiger partial charge in [0.1, 0.15) is 0 Å². The normalized spacial score (nSPS) is 30.1. The first-order chi connectivity index (χ1) is 7.81. The molecular weight excluding hydrogens is 202 g/mol. The lowest BCUT2D eigenvalue weighted by atomic mass is 9.92. The largest absolute Gasteiger partial charge is 0.469 e. The monoisotopic (exact) mass is 225 g/mol. The lowest BCUT2D eigenvalue weighted by molar-refractivity contribution is -0.140. The zero-order chi connectivity index (χ0) is 11.4. The average molecular weight is 225 g/mol. The molecule has 0 aromatic heterocycles. The van der Waals surface area contributed by atoms with Crippen LogP contribution in [0.25, 0.3) is 0 Å². The van der Waals surface area contributed by atoms with Crippen LogP contribution >= 0.6 is 0 Å². The molecule has 1 aliphatic heterocycles. The molecule has 3 heteroatoms. The Bertz CT molecular complexity index is 242. The molecule has 2 atom stereocenters. The van der Waals surface area contributed by atoms with Gasteiger partial charge in [-0.1, -0.05) is 6.42 Å². The molecule has 16 heavy (non-hydrogen) atoms. The molecule has 0 aromatic carbocycles. The van der Waals surface area contributed by atoms with Crippen LogP contribution in [0.2, 0.25) is 0 Å². The maximum absolute atomic E-state index is 11.0. The first kappa shape index (κ1) is 11.9. The molecule has 0 aromatic rings. The molecule has 2 rings (SSSR count). The minimum Gasteiger partial charge on any atom is -0.469 e. The lowest BCUT2D eigenvalue weighted by Gasteiger charge is -2.37. The van der Waals surface area contributed by atoms with E-state index >= 15 is 0 Å². The van der Waals surface area contributed by atoms with E-state index < -0.39 is 0 Å². The fourth-order valence-corrected chi connectivity index (χ4v) is 3.36. The molecule has 0 bridgehead atoms. The van der Waals surface area contributed by atoms with Gasteiger partial charge in [-0.2, -0.15) is 0 Å². The van der Waals surface area contributed by atoms with Gasteiger partial charge in [0.15, 0.2) is 0 Å². The summed E-state index contributed by atoms with van der Waals surface area (Å²) in [6.45, 7) is 2.32. The highest BCUT2D eigenvalue weighted by molar-refractivity contribution is 5.69. The highest BCUT2D eigenvalue weighted by atomic mass is 16.5. The van der Waals surface area contributed by atoms with Gasteiger partial charge in [0, 0.05) is 12.5 Å². The Morgan fingerprint density at radius 2 is 2.12 bits per heavy atom. The molecular formula is C13H23NO2. The summed E-state index contributed by atoms with van der Waals surface area (Å²) in [5, 5.41) is 0. The number of rotatable bonds is 4. The summed E-state index contributed by atoms with van der Waals surface area (Å²) in [6, 6.07) is 0.825. The van der Waals surface area contributed by atoms with E-state index in [-0.39, 0.29) is 5.97 Å². The zero-order valence-corrected chi connectivity index (χ0v) is 10.3. The molecule has 2 unspecified atom stereocenters. The quantitative estimate of drug-likeness (QED) is 0.687. The van der Waals surface area contributed by atoms with E-state index in [0.717, 1.165) is 24.9 Å². The highest BCUT2D eigenvalue weighted by Gasteiger charge is 2.34. The van der Waals surface area contributed by atoms with Crippen molar-refractivity contribution in [2.45, 2.75) is 51.0 Å². The van der Waals surface area contributed by atoms with Crippen LogP contribution in [-0.2, 0) is 9.53 Å². The van der Waals surface area contributed by atoms with Gasteiger partial charge < -0.3 is 9.64 Å². The maximum atomic E-state index is 11.0. The van der Waals surface area contributed by atoms with Gasteiger partial charge in [0.2, 0.25) is 0 Å². The molecule has 0 spiro atoms. The van der Waals surface area contributed by atoms with Crippen molar-refractivity contribution >= 4 is 5.97 Å². The van der Waals surface area contributed by atoms with E-state index in [1.165, 1.54) is 45.8 Å². The van der Waals surface area contributed by atoms with Crippen LogP contribution < -0.4 is 0 Å². The maximum Gasteiger partial charge on any atom is 0.305 e. The first-order valence-corrected chi connectivity index (χ1v) is 6.62. The number of ether oxygens (including phenoxy) is 1. The van der Waals surface area contributed by atoms with Crippen molar-refractivity contribution in [3.63, 3.8) is 0 Å². The number of hydrogen-bond donors (Lipinski definition) is 0. The molecule has 0 amide bonds. The number of likely N-dealkylation sites (tertiary alicyclic amines) is 1. The minimum absolute atomic E-state index is 0.0695. The number of carbonyl (C=O) groups is 1. The van der Waals surface area contributed by atoms with Crippen LogP contribution in [0.5, 0.6) is 0 Å². The predicted molar refractivity (Wildman–Crippen MR) is 63.2 cm³/mol. The van der Waals surface area contributed by atoms with Crippen molar-refractivity contribution in [1.82, 2.24) is 4.90 Å². The Balaban J connectivity index is 1.73. The summed E-state index contributed by atoms with van der Waals surface area (Å²) in [7, 11) is 1.47. The third-order valence-corrected chi connectivity index (χ3v) is 4.16. The van der Waals surface area contributed by atoms with Crippen LogP contribution in [0, 0.1) is 5.92 Å². The Morgan fingerprint density at radius 3 is 2.94 bits per heavy atom. The number of nitrogens with zero attached hydrogens (tertiary/aromatic N) is 1. The highest BCUT2D eigenvalue weighted by Crippen LogP contribution is 2.36. The minimum atomic E-state index is -0.0695. The van der Waals surface area contributed by atoms with Gasteiger partial charge in [-0.25, -0.2) is 0 Å². The second kappa shape index (κ2) is 5.67. The van der Waals surface area contributed by atoms with Crippen molar-refractivity contribution in [1.29, 1.82) is 0 Å². The summed E-state index contributed by atoms with van der Waals surface area (Å²) >= 11 is 0. The second-order valence-corrected chi connectivity index (χ2v) is 5.12. The molecule has 2 aliphatic rings. The first-order valence-electron chi connectivity index (χ1n) is 6.62. The van der Waals surface area contributed by atoms with Gasteiger partial charge in [-0.05, 0) is 51.1 Å². The van der Waals surface area contributed by atoms with Crippen LogP contribution in [-0.4, -0.2) is 37.1 Å². The summed E-state index contributed by atoms with van der Waals surface area (Å²) in [4.78, 5) is 13.7. The van der Waals surface area contributed by atoms with Crippen molar-refractivity contribution < 1.29 is 9.53 Å². The molecule has 3 nitrogen and oxygen atoms in total. The molecule has 1 heterocycles. The Labute approximate surface area is 98.1 Å². The van der Waals surface area contributed by atoms with E-state index in [0.29, 0.717) is 6.42 Å². The molecule has 0 radical (unpaired) electrons. The summed E-state index contributed by atoms with van der Waals surface area (Å²) < 4.78 is 4.67. The standard InChI is InChI=1S/C13H23NO2/c1-16-13(15)8-4-10-14-9-3-6-11-5-2-7-12(11)14/h11-12H,2-10H2,1H3. The van der Waals surface area contributed by atoms with Crippen LogP contribution in [0.3, 0.4) is 0 Å². The molecule has 0 N–H and O–H groups in total. The van der Waals surface area contributed by atoms with Gasteiger partial charge in [-0.15, -0.1) is 0 Å². The van der Waals surface area contributed by atoms with E-state index in [2.05, 4.69) is 9.64 Å². The Kier molecular flexibility index (Phi) is 4.22. The van der Waals surface area contributed by atoms with E-state index in [1.54, 1.807) is 0 Å². The van der Waals surface area contributed by atoms with Crippen molar-refractivity contribution in [3.8, 4) is 0 Å². The molecule has 92 valence electrons. The second-order valence-electron chi connectivity index (χ2n) is 5.12. The van der Waals surface area contributed by atoms with E-state index in [1.807, 2.05) is 0 Å². The fourth-order valence-electron chi connectivity index (χ4n) is 3.36. The molecule has 2 fully saturated rings. The third kappa shape index (κ3) is 2.76. The summed E-state index contributed by atoms with van der Waals surface area (Å²) in [5.41, 5.74) is 0. The van der Waals surface area contributed by atoms with Crippen LogP contribution in [0.15, 0.2) is 0 Å². The number of methoxy groups -OCH3 is 1. The number of esters is 1. The average Bonchev–Trinajstić information content (AvgIpc) is 2.77. The molecule has 1 aliphatic carbocycles. The fraction of sp³-hybridized carbons (Fsp3) is 0.923. The van der Waals surface area contributed by atoms with Crippen molar-refractivity contribution in [3.05, 3.63) is 0 Å². The van der Waals surface area contributed by atoms with Crippen LogP contribution in [0.1, 0.15) is 44.9 Å². The smallest absolute Gasteiger partial charge is 0.305 e. The van der Waals surface area contributed by atoms with Gasteiger partial charge >= 0.3 is 5.97 Å². The number of carbonyl (C=O) groups excluding carboxylic acids is 1. The number of piperidine rings is 1. The van der Waals surface area contributed by atoms with Gasteiger partial charge in [-0.3, -0.25) is 4.79 Å². The molecule has 1 saturated heterocycles.